The lowest BCUT2D eigenvalue weighted by Crippen LogP contribution is -2.22. The monoisotopic (exact) mass is 160 g/mol. The summed E-state index contributed by atoms with van der Waals surface area (Å²) in [5, 5.41) is 0. The number of hydrogen-bond donors (Lipinski definition) is 0. The van der Waals surface area contributed by atoms with Crippen molar-refractivity contribution < 1.29 is 13.9 Å². The Morgan fingerprint density at radius 2 is 2.00 bits per heavy atom. The molecule has 64 valence electrons. The number of alkyl halides is 1. The Hall–Kier alpha value is -0.440. The van der Waals surface area contributed by atoms with Crippen LogP contribution in [0.4, 0.5) is 4.39 Å². The predicted octanol–water partition coefficient (Wildman–Crippen LogP) is 1.48. The molecule has 1 aliphatic rings. The molecule has 1 saturated carbocycles. The summed E-state index contributed by atoms with van der Waals surface area (Å²) in [4.78, 5) is 9.91. The molecule has 2 nitrogen and oxygen atoms in total. The highest BCUT2D eigenvalue weighted by atomic mass is 19.1. The van der Waals surface area contributed by atoms with Crippen molar-refractivity contribution in [3.8, 4) is 0 Å². The van der Waals surface area contributed by atoms with E-state index in [1.54, 1.807) is 0 Å². The number of hydrogen-bond acceptors (Lipinski definition) is 2. The predicted molar refractivity (Wildman–Crippen MR) is 39.2 cm³/mol. The minimum absolute atomic E-state index is 0.118. The van der Waals surface area contributed by atoms with Gasteiger partial charge in [0.1, 0.15) is 19.1 Å². The van der Waals surface area contributed by atoms with Crippen molar-refractivity contribution in [3.05, 3.63) is 0 Å². The Labute approximate surface area is 65.7 Å². The molecule has 1 rings (SSSR count). The maximum Gasteiger partial charge on any atom is 0.145 e. The van der Waals surface area contributed by atoms with Crippen LogP contribution >= 0.6 is 0 Å². The van der Waals surface area contributed by atoms with Crippen LogP contribution in [-0.4, -0.2) is 25.2 Å². The van der Waals surface area contributed by atoms with Gasteiger partial charge in [0.25, 0.3) is 0 Å². The van der Waals surface area contributed by atoms with Gasteiger partial charge in [-0.1, -0.05) is 0 Å². The molecular weight excluding hydrogens is 147 g/mol. The van der Waals surface area contributed by atoms with Crippen LogP contribution in [0.2, 0.25) is 0 Å². The molecule has 3 heteroatoms. The van der Waals surface area contributed by atoms with E-state index in [9.17, 15) is 9.18 Å². The first-order valence-corrected chi connectivity index (χ1v) is 4.02. The zero-order valence-electron chi connectivity index (χ0n) is 6.46. The highest BCUT2D eigenvalue weighted by Gasteiger charge is 2.20. The SMILES string of the molecule is O=CCOC1CCC(F)CC1. The van der Waals surface area contributed by atoms with Crippen molar-refractivity contribution in [2.24, 2.45) is 0 Å². The van der Waals surface area contributed by atoms with E-state index in [2.05, 4.69) is 0 Å². The molecule has 0 saturated heterocycles. The topological polar surface area (TPSA) is 26.3 Å². The van der Waals surface area contributed by atoms with E-state index in [1.807, 2.05) is 0 Å². The van der Waals surface area contributed by atoms with Gasteiger partial charge in [-0.25, -0.2) is 4.39 Å². The second-order valence-electron chi connectivity index (χ2n) is 2.87. The molecule has 0 heterocycles. The average Bonchev–Trinajstić information content (AvgIpc) is 2.04. The Balaban J connectivity index is 2.12. The normalized spacial score (nSPS) is 31.7. The summed E-state index contributed by atoms with van der Waals surface area (Å²) in [6.07, 6.45) is 2.90. The van der Waals surface area contributed by atoms with E-state index >= 15 is 0 Å². The van der Waals surface area contributed by atoms with Crippen molar-refractivity contribution in [3.63, 3.8) is 0 Å². The van der Waals surface area contributed by atoms with E-state index in [0.29, 0.717) is 12.8 Å². The van der Waals surface area contributed by atoms with Crippen molar-refractivity contribution >= 4 is 6.29 Å². The van der Waals surface area contributed by atoms with Crippen LogP contribution in [0.25, 0.3) is 0 Å². The molecule has 0 amide bonds. The first-order valence-electron chi connectivity index (χ1n) is 4.02. The summed E-state index contributed by atoms with van der Waals surface area (Å²) in [7, 11) is 0. The smallest absolute Gasteiger partial charge is 0.145 e. The standard InChI is InChI=1S/C8H13FO2/c9-7-1-3-8(4-2-7)11-6-5-10/h5,7-8H,1-4,6H2. The van der Waals surface area contributed by atoms with E-state index in [1.165, 1.54) is 0 Å². The molecule has 0 atom stereocenters. The lowest BCUT2D eigenvalue weighted by molar-refractivity contribution is -0.114. The molecule has 0 radical (unpaired) electrons. The van der Waals surface area contributed by atoms with Gasteiger partial charge >= 0.3 is 0 Å². The number of carbonyl (C=O) groups excluding carboxylic acids is 1. The quantitative estimate of drug-likeness (QED) is 0.584. The van der Waals surface area contributed by atoms with Crippen LogP contribution in [0.15, 0.2) is 0 Å². The molecule has 0 aromatic carbocycles. The molecule has 1 aliphatic carbocycles. The third-order valence-electron chi connectivity index (χ3n) is 2.00. The lowest BCUT2D eigenvalue weighted by Gasteiger charge is -2.23. The summed E-state index contributed by atoms with van der Waals surface area (Å²) < 4.78 is 17.7. The second-order valence-corrected chi connectivity index (χ2v) is 2.87. The maximum absolute atomic E-state index is 12.6. The zero-order valence-corrected chi connectivity index (χ0v) is 6.46. The minimum atomic E-state index is -0.647. The van der Waals surface area contributed by atoms with Crippen molar-refractivity contribution in [2.75, 3.05) is 6.61 Å². The van der Waals surface area contributed by atoms with Gasteiger partial charge in [-0.05, 0) is 25.7 Å². The van der Waals surface area contributed by atoms with E-state index in [4.69, 9.17) is 4.74 Å². The lowest BCUT2D eigenvalue weighted by atomic mass is 9.96. The molecule has 0 unspecified atom stereocenters. The third-order valence-corrected chi connectivity index (χ3v) is 2.00. The fourth-order valence-electron chi connectivity index (χ4n) is 1.36. The number of aldehydes is 1. The molecule has 1 fully saturated rings. The van der Waals surface area contributed by atoms with Crippen molar-refractivity contribution in [1.82, 2.24) is 0 Å². The number of halogens is 1. The van der Waals surface area contributed by atoms with Crippen molar-refractivity contribution in [2.45, 2.75) is 38.0 Å². The number of carbonyl (C=O) groups is 1. The zero-order chi connectivity index (χ0) is 8.10. The summed E-state index contributed by atoms with van der Waals surface area (Å²) in [5.41, 5.74) is 0. The van der Waals surface area contributed by atoms with Crippen LogP contribution in [0, 0.1) is 0 Å². The van der Waals surface area contributed by atoms with Gasteiger partial charge in [-0.2, -0.15) is 0 Å². The highest BCUT2D eigenvalue weighted by Crippen LogP contribution is 2.22. The second kappa shape index (κ2) is 4.44. The van der Waals surface area contributed by atoms with Crippen LogP contribution in [0.3, 0.4) is 0 Å². The maximum atomic E-state index is 12.6. The fraction of sp³-hybridized carbons (Fsp3) is 0.875. The molecule has 0 N–H and O–H groups in total. The van der Waals surface area contributed by atoms with Crippen LogP contribution < -0.4 is 0 Å². The van der Waals surface area contributed by atoms with Crippen LogP contribution in [-0.2, 0) is 9.53 Å². The van der Waals surface area contributed by atoms with E-state index in [-0.39, 0.29) is 12.7 Å². The van der Waals surface area contributed by atoms with Gasteiger partial charge in [0, 0.05) is 0 Å². The van der Waals surface area contributed by atoms with Crippen LogP contribution in [0.5, 0.6) is 0 Å². The minimum Gasteiger partial charge on any atom is -0.371 e. The largest absolute Gasteiger partial charge is 0.371 e. The molecular formula is C8H13FO2. The Morgan fingerprint density at radius 1 is 1.36 bits per heavy atom. The van der Waals surface area contributed by atoms with Gasteiger partial charge in [0.2, 0.25) is 0 Å². The number of ether oxygens (including phenoxy) is 1. The molecule has 11 heavy (non-hydrogen) atoms. The first kappa shape index (κ1) is 8.65. The van der Waals surface area contributed by atoms with Gasteiger partial charge < -0.3 is 9.53 Å². The number of rotatable bonds is 3. The summed E-state index contributed by atoms with van der Waals surface area (Å²) >= 11 is 0. The van der Waals surface area contributed by atoms with E-state index in [0.717, 1.165) is 19.1 Å². The third kappa shape index (κ3) is 2.97. The van der Waals surface area contributed by atoms with Gasteiger partial charge in [0.05, 0.1) is 6.10 Å². The van der Waals surface area contributed by atoms with Gasteiger partial charge in [0.15, 0.2) is 0 Å². The Morgan fingerprint density at radius 3 is 2.55 bits per heavy atom. The molecule has 0 aromatic heterocycles. The molecule has 0 aromatic rings. The summed E-state index contributed by atoms with van der Waals surface area (Å²) in [6.45, 7) is 0.154. The van der Waals surface area contributed by atoms with Crippen molar-refractivity contribution in [1.29, 1.82) is 0 Å². The Kier molecular flexibility index (Phi) is 3.49. The van der Waals surface area contributed by atoms with E-state index < -0.39 is 6.17 Å². The average molecular weight is 160 g/mol. The van der Waals surface area contributed by atoms with Crippen LogP contribution in [0.1, 0.15) is 25.7 Å². The Bertz CT molecular complexity index is 119. The first-order chi connectivity index (χ1) is 5.33. The molecule has 0 bridgehead atoms. The molecule has 0 aliphatic heterocycles. The van der Waals surface area contributed by atoms with Gasteiger partial charge in [-0.3, -0.25) is 0 Å². The highest BCUT2D eigenvalue weighted by molar-refractivity contribution is 5.50. The molecule has 0 spiro atoms. The van der Waals surface area contributed by atoms with Gasteiger partial charge in [-0.15, -0.1) is 0 Å². The fourth-order valence-corrected chi connectivity index (χ4v) is 1.36. The summed E-state index contributed by atoms with van der Waals surface area (Å²) in [5.74, 6) is 0. The summed E-state index contributed by atoms with van der Waals surface area (Å²) in [6, 6.07) is 0.